The van der Waals surface area contributed by atoms with Crippen molar-refractivity contribution in [3.05, 3.63) is 24.3 Å². The highest BCUT2D eigenvalue weighted by molar-refractivity contribution is 7.90. The van der Waals surface area contributed by atoms with E-state index in [2.05, 4.69) is 30.4 Å². The van der Waals surface area contributed by atoms with Crippen LogP contribution in [-0.4, -0.2) is 56.6 Å². The molecule has 0 bridgehead atoms. The van der Waals surface area contributed by atoms with Crippen LogP contribution in [0.1, 0.15) is 85.0 Å². The molecule has 42 heavy (non-hydrogen) atoms. The summed E-state index contributed by atoms with van der Waals surface area (Å²) in [5, 5.41) is 22.3. The molecule has 5 aliphatic rings. The lowest BCUT2D eigenvalue weighted by Crippen LogP contribution is -2.62. The third-order valence-electron chi connectivity index (χ3n) is 12.9. The summed E-state index contributed by atoms with van der Waals surface area (Å²) in [6.45, 7) is 9.15. The SMILES string of the molecule is CC[C@H]1[C@@H](O)[C@@H]2[C@H](CC[C@]3(C)[C@@H](CCOC(=O)NS(=O)(=O)c4ccc(N5CCC5)cc4)CC[C@@H]23)[C@@]2(C)CC[C@@H](O)C[C@@H]12. The van der Waals surface area contributed by atoms with E-state index in [4.69, 9.17) is 4.74 Å². The van der Waals surface area contributed by atoms with Gasteiger partial charge in [0.05, 0.1) is 23.7 Å². The topological polar surface area (TPSA) is 116 Å². The predicted molar refractivity (Wildman–Crippen MR) is 161 cm³/mol. The Hall–Kier alpha value is -1.84. The molecule has 0 aromatic heterocycles. The minimum atomic E-state index is -4.00. The number of hydrogen-bond acceptors (Lipinski definition) is 7. The number of hydrogen-bond donors (Lipinski definition) is 3. The average Bonchev–Trinajstić information content (AvgIpc) is 3.25. The molecule has 10 atom stereocenters. The van der Waals surface area contributed by atoms with Crippen molar-refractivity contribution in [3.63, 3.8) is 0 Å². The largest absolute Gasteiger partial charge is 0.449 e. The molecule has 3 N–H and O–H groups in total. The molecule has 1 amide bonds. The van der Waals surface area contributed by atoms with Gasteiger partial charge >= 0.3 is 6.09 Å². The van der Waals surface area contributed by atoms with E-state index in [1.165, 1.54) is 12.1 Å². The summed E-state index contributed by atoms with van der Waals surface area (Å²) >= 11 is 0. The van der Waals surface area contributed by atoms with Crippen LogP contribution < -0.4 is 9.62 Å². The van der Waals surface area contributed by atoms with Crippen LogP contribution in [-0.2, 0) is 14.8 Å². The molecule has 234 valence electrons. The van der Waals surface area contributed by atoms with E-state index >= 15 is 0 Å². The van der Waals surface area contributed by atoms with Crippen molar-refractivity contribution in [2.45, 2.75) is 102 Å². The zero-order chi connectivity index (χ0) is 29.9. The molecular formula is C33H50N2O6S. The fourth-order valence-electron chi connectivity index (χ4n) is 10.4. The van der Waals surface area contributed by atoms with Crippen LogP contribution in [0.3, 0.4) is 0 Å². The minimum Gasteiger partial charge on any atom is -0.449 e. The second kappa shape index (κ2) is 11.3. The van der Waals surface area contributed by atoms with Gasteiger partial charge < -0.3 is 19.8 Å². The fraction of sp³-hybridized carbons (Fsp3) is 0.788. The number of amides is 1. The fourth-order valence-corrected chi connectivity index (χ4v) is 11.3. The number of aliphatic hydroxyl groups excluding tert-OH is 2. The Bertz CT molecular complexity index is 1250. The molecule has 0 spiro atoms. The summed E-state index contributed by atoms with van der Waals surface area (Å²) in [7, 11) is -4.00. The normalized spacial score (nSPS) is 41.2. The van der Waals surface area contributed by atoms with Crippen LogP contribution in [0.5, 0.6) is 0 Å². The van der Waals surface area contributed by atoms with Gasteiger partial charge in [0.2, 0.25) is 0 Å². The van der Waals surface area contributed by atoms with Crippen LogP contribution >= 0.6 is 0 Å². The van der Waals surface area contributed by atoms with Crippen molar-refractivity contribution < 1.29 is 28.2 Å². The standard InChI is InChI=1S/C33H50N2O6S/c1-4-25-28-20-23(36)12-15-33(28,3)27-13-16-32(2)21(6-11-26(32)29(27)30(25)37)14-19-41-31(38)34-42(39,40)24-9-7-22(8-10-24)35-17-5-18-35/h7-10,21,23,25-30,36-37H,4-6,11-20H2,1-3H3,(H,34,38)/t21-,23-,25-,26+,27+,28+,29+,30-,32-,33-/m1/s1. The Morgan fingerprint density at radius 2 is 1.69 bits per heavy atom. The van der Waals surface area contributed by atoms with Crippen molar-refractivity contribution in [1.29, 1.82) is 0 Å². The highest BCUT2D eigenvalue weighted by atomic mass is 32.2. The summed E-state index contributed by atoms with van der Waals surface area (Å²) in [4.78, 5) is 14.7. The predicted octanol–water partition coefficient (Wildman–Crippen LogP) is 5.33. The number of rotatable bonds is 7. The Labute approximate surface area is 251 Å². The maximum Gasteiger partial charge on any atom is 0.421 e. The summed E-state index contributed by atoms with van der Waals surface area (Å²) in [5.41, 5.74) is 1.23. The number of carbonyl (C=O) groups excluding carboxylic acids is 1. The summed E-state index contributed by atoms with van der Waals surface area (Å²) in [6.07, 6.45) is 8.32. The molecule has 4 saturated carbocycles. The molecule has 8 nitrogen and oxygen atoms in total. The summed E-state index contributed by atoms with van der Waals surface area (Å²) < 4.78 is 33.0. The van der Waals surface area contributed by atoms with Crippen molar-refractivity contribution in [1.82, 2.24) is 4.72 Å². The molecule has 9 heteroatoms. The number of nitrogens with one attached hydrogen (secondary N) is 1. The zero-order valence-corrected chi connectivity index (χ0v) is 26.3. The van der Waals surface area contributed by atoms with Crippen molar-refractivity contribution in [3.8, 4) is 0 Å². The van der Waals surface area contributed by atoms with Gasteiger partial charge in [-0.05, 0) is 128 Å². The van der Waals surface area contributed by atoms with Gasteiger partial charge in [-0.3, -0.25) is 0 Å². The van der Waals surface area contributed by atoms with Crippen LogP contribution in [0.25, 0.3) is 0 Å². The third kappa shape index (κ3) is 5.05. The van der Waals surface area contributed by atoms with Gasteiger partial charge in [-0.25, -0.2) is 17.9 Å². The summed E-state index contributed by atoms with van der Waals surface area (Å²) in [5.74, 6) is 2.17. The monoisotopic (exact) mass is 602 g/mol. The number of ether oxygens (including phenoxy) is 1. The molecule has 0 radical (unpaired) electrons. The maximum absolute atomic E-state index is 12.8. The molecular weight excluding hydrogens is 552 g/mol. The van der Waals surface area contributed by atoms with Gasteiger partial charge in [0.1, 0.15) is 0 Å². The molecule has 6 rings (SSSR count). The second-order valence-corrected chi connectivity index (χ2v) is 16.3. The molecule has 1 aromatic carbocycles. The first kappa shape index (κ1) is 30.2. The average molecular weight is 603 g/mol. The minimum absolute atomic E-state index is 0.0477. The number of anilines is 1. The number of aliphatic hydroxyl groups is 2. The van der Waals surface area contributed by atoms with Crippen LogP contribution in [0, 0.1) is 46.3 Å². The van der Waals surface area contributed by atoms with Crippen molar-refractivity contribution in [2.24, 2.45) is 46.3 Å². The Kier molecular flexibility index (Phi) is 8.10. The Balaban J connectivity index is 1.07. The van der Waals surface area contributed by atoms with Crippen molar-refractivity contribution in [2.75, 3.05) is 24.6 Å². The van der Waals surface area contributed by atoms with Gasteiger partial charge in [0, 0.05) is 18.8 Å². The van der Waals surface area contributed by atoms with Gasteiger partial charge in [-0.15, -0.1) is 0 Å². The van der Waals surface area contributed by atoms with E-state index in [9.17, 15) is 23.4 Å². The van der Waals surface area contributed by atoms with Crippen LogP contribution in [0.4, 0.5) is 10.5 Å². The quantitative estimate of drug-likeness (QED) is 0.386. The molecule has 1 aliphatic heterocycles. The van der Waals surface area contributed by atoms with E-state index < -0.39 is 16.1 Å². The highest BCUT2D eigenvalue weighted by Gasteiger charge is 2.64. The molecule has 5 fully saturated rings. The molecule has 0 unspecified atom stereocenters. The number of carbonyl (C=O) groups is 1. The number of sulfonamides is 1. The van der Waals surface area contributed by atoms with E-state index in [0.29, 0.717) is 30.1 Å². The zero-order valence-electron chi connectivity index (χ0n) is 25.5. The van der Waals surface area contributed by atoms with E-state index in [-0.39, 0.29) is 46.4 Å². The van der Waals surface area contributed by atoms with Gasteiger partial charge in [-0.1, -0.05) is 27.2 Å². The summed E-state index contributed by atoms with van der Waals surface area (Å²) in [6, 6.07) is 6.60. The van der Waals surface area contributed by atoms with Crippen LogP contribution in [0.15, 0.2) is 29.2 Å². The lowest BCUT2D eigenvalue weighted by atomic mass is 9.41. The Morgan fingerprint density at radius 1 is 1.00 bits per heavy atom. The molecule has 4 aliphatic carbocycles. The Morgan fingerprint density at radius 3 is 2.36 bits per heavy atom. The first-order valence-corrected chi connectivity index (χ1v) is 17.9. The number of nitrogens with zero attached hydrogens (tertiary/aromatic N) is 1. The number of fused-ring (bicyclic) bond motifs is 5. The molecule has 1 aromatic rings. The first-order valence-electron chi connectivity index (χ1n) is 16.4. The van der Waals surface area contributed by atoms with Crippen LogP contribution in [0.2, 0.25) is 0 Å². The van der Waals surface area contributed by atoms with E-state index in [1.54, 1.807) is 12.1 Å². The number of benzene rings is 1. The lowest BCUT2D eigenvalue weighted by Gasteiger charge is -2.64. The maximum atomic E-state index is 12.8. The van der Waals surface area contributed by atoms with E-state index in [1.807, 2.05) is 0 Å². The van der Waals surface area contributed by atoms with Crippen molar-refractivity contribution >= 4 is 21.8 Å². The second-order valence-electron chi connectivity index (χ2n) is 14.6. The highest BCUT2D eigenvalue weighted by Crippen LogP contribution is 2.69. The van der Waals surface area contributed by atoms with Gasteiger partial charge in [0.15, 0.2) is 0 Å². The van der Waals surface area contributed by atoms with Gasteiger partial charge in [-0.2, -0.15) is 0 Å². The van der Waals surface area contributed by atoms with Gasteiger partial charge in [0.25, 0.3) is 10.0 Å². The van der Waals surface area contributed by atoms with E-state index in [0.717, 1.165) is 76.6 Å². The third-order valence-corrected chi connectivity index (χ3v) is 14.2. The lowest BCUT2D eigenvalue weighted by molar-refractivity contribution is -0.202. The smallest absolute Gasteiger partial charge is 0.421 e. The molecule has 1 saturated heterocycles. The molecule has 1 heterocycles. The first-order chi connectivity index (χ1) is 20.0.